The molecule has 0 bridgehead atoms. The quantitative estimate of drug-likeness (QED) is 0.744. The van der Waals surface area contributed by atoms with E-state index >= 15 is 0 Å². The van der Waals surface area contributed by atoms with Crippen LogP contribution in [-0.2, 0) is 0 Å². The number of rotatable bonds is 2. The van der Waals surface area contributed by atoms with E-state index in [2.05, 4.69) is 11.1 Å². The molecule has 1 heterocycles. The van der Waals surface area contributed by atoms with Gasteiger partial charge in [0, 0.05) is 11.5 Å². The fourth-order valence-electron chi connectivity index (χ4n) is 1.45. The van der Waals surface area contributed by atoms with Crippen molar-refractivity contribution < 1.29 is 4.74 Å². The van der Waals surface area contributed by atoms with Crippen molar-refractivity contribution in [3.63, 3.8) is 0 Å². The second-order valence-electron chi connectivity index (χ2n) is 3.07. The average Bonchev–Trinajstić information content (AvgIpc) is 2.28. The van der Waals surface area contributed by atoms with Crippen molar-refractivity contribution in [3.8, 4) is 11.9 Å². The fraction of sp³-hybridized carbons (Fsp3) is 0.167. The summed E-state index contributed by atoms with van der Waals surface area (Å²) in [5.41, 5.74) is 1.28. The number of ether oxygens (including phenoxy) is 1. The van der Waals surface area contributed by atoms with E-state index in [1.165, 1.54) is 0 Å². The number of para-hydroxylation sites is 1. The summed E-state index contributed by atoms with van der Waals surface area (Å²) in [5.74, 6) is 0.563. The summed E-state index contributed by atoms with van der Waals surface area (Å²) in [5, 5.41) is 9.88. The molecule has 0 radical (unpaired) electrons. The molecule has 2 rings (SSSR count). The van der Waals surface area contributed by atoms with E-state index in [-0.39, 0.29) is 0 Å². The second kappa shape index (κ2) is 3.97. The maximum atomic E-state index is 8.93. The monoisotopic (exact) mass is 198 g/mol. The largest absolute Gasteiger partial charge is 0.478 e. The highest BCUT2D eigenvalue weighted by molar-refractivity contribution is 5.84. The maximum absolute atomic E-state index is 8.93. The number of benzene rings is 1. The van der Waals surface area contributed by atoms with Gasteiger partial charge in [0.1, 0.15) is 6.07 Å². The Morgan fingerprint density at radius 3 is 2.93 bits per heavy atom. The molecule has 15 heavy (non-hydrogen) atoms. The number of pyridine rings is 1. The number of hydrogen-bond donors (Lipinski definition) is 0. The van der Waals surface area contributed by atoms with Crippen molar-refractivity contribution in [3.05, 3.63) is 35.9 Å². The highest BCUT2D eigenvalue weighted by Gasteiger charge is 2.03. The summed E-state index contributed by atoms with van der Waals surface area (Å²) < 4.78 is 5.29. The first-order valence-electron chi connectivity index (χ1n) is 4.78. The lowest BCUT2D eigenvalue weighted by Gasteiger charge is -2.04. The Morgan fingerprint density at radius 2 is 2.20 bits per heavy atom. The van der Waals surface area contributed by atoms with Crippen molar-refractivity contribution in [2.24, 2.45) is 0 Å². The Balaban J connectivity index is 2.63. The zero-order valence-electron chi connectivity index (χ0n) is 8.40. The SMILES string of the molecule is CCOc1ccc2cccc(C#N)c2n1. The molecule has 0 amide bonds. The minimum Gasteiger partial charge on any atom is -0.478 e. The third kappa shape index (κ3) is 1.75. The lowest BCUT2D eigenvalue weighted by atomic mass is 10.1. The first-order chi connectivity index (χ1) is 7.35. The molecule has 2 aromatic rings. The summed E-state index contributed by atoms with van der Waals surface area (Å²) in [6.45, 7) is 2.48. The molecule has 0 fully saturated rings. The Kier molecular flexibility index (Phi) is 2.51. The van der Waals surface area contributed by atoms with Crippen LogP contribution in [0, 0.1) is 11.3 Å². The number of nitriles is 1. The summed E-state index contributed by atoms with van der Waals surface area (Å²) >= 11 is 0. The molecule has 0 N–H and O–H groups in total. The van der Waals surface area contributed by atoms with Gasteiger partial charge >= 0.3 is 0 Å². The average molecular weight is 198 g/mol. The predicted molar refractivity (Wildman–Crippen MR) is 57.6 cm³/mol. The van der Waals surface area contributed by atoms with Gasteiger partial charge in [-0.2, -0.15) is 5.26 Å². The van der Waals surface area contributed by atoms with E-state index in [4.69, 9.17) is 10.00 Å². The summed E-state index contributed by atoms with van der Waals surface area (Å²) in [4.78, 5) is 4.29. The molecule has 3 heteroatoms. The molecule has 1 aromatic heterocycles. The van der Waals surface area contributed by atoms with Gasteiger partial charge in [-0.05, 0) is 19.1 Å². The van der Waals surface area contributed by atoms with Crippen LogP contribution in [0.15, 0.2) is 30.3 Å². The Morgan fingerprint density at radius 1 is 1.33 bits per heavy atom. The van der Waals surface area contributed by atoms with E-state index in [1.807, 2.05) is 31.2 Å². The first kappa shape index (κ1) is 9.47. The van der Waals surface area contributed by atoms with Crippen LogP contribution in [0.25, 0.3) is 10.9 Å². The Bertz CT molecular complexity index is 529. The summed E-state index contributed by atoms with van der Waals surface area (Å²) in [7, 11) is 0. The Hall–Kier alpha value is -2.08. The van der Waals surface area contributed by atoms with Crippen LogP contribution >= 0.6 is 0 Å². The molecule has 0 aliphatic heterocycles. The van der Waals surface area contributed by atoms with Crippen molar-refractivity contribution in [2.45, 2.75) is 6.92 Å². The number of aromatic nitrogens is 1. The smallest absolute Gasteiger partial charge is 0.213 e. The van der Waals surface area contributed by atoms with Gasteiger partial charge in [0.05, 0.1) is 17.7 Å². The van der Waals surface area contributed by atoms with Gasteiger partial charge in [-0.1, -0.05) is 12.1 Å². The van der Waals surface area contributed by atoms with Crippen LogP contribution in [0.4, 0.5) is 0 Å². The third-order valence-corrected chi connectivity index (χ3v) is 2.11. The maximum Gasteiger partial charge on any atom is 0.213 e. The zero-order chi connectivity index (χ0) is 10.7. The van der Waals surface area contributed by atoms with E-state index in [0.29, 0.717) is 23.6 Å². The molecule has 1 aromatic carbocycles. The van der Waals surface area contributed by atoms with E-state index in [9.17, 15) is 0 Å². The van der Waals surface area contributed by atoms with Crippen molar-refractivity contribution >= 4 is 10.9 Å². The first-order valence-corrected chi connectivity index (χ1v) is 4.78. The van der Waals surface area contributed by atoms with Gasteiger partial charge in [0.25, 0.3) is 0 Å². The van der Waals surface area contributed by atoms with Gasteiger partial charge in [0.15, 0.2) is 0 Å². The minimum atomic E-state index is 0.563. The molecule has 3 nitrogen and oxygen atoms in total. The van der Waals surface area contributed by atoms with Crippen molar-refractivity contribution in [1.82, 2.24) is 4.98 Å². The molecular weight excluding hydrogens is 188 g/mol. The van der Waals surface area contributed by atoms with Crippen LogP contribution in [0.5, 0.6) is 5.88 Å². The highest BCUT2D eigenvalue weighted by atomic mass is 16.5. The predicted octanol–water partition coefficient (Wildman–Crippen LogP) is 2.51. The number of hydrogen-bond acceptors (Lipinski definition) is 3. The molecule has 0 aliphatic carbocycles. The van der Waals surface area contributed by atoms with E-state index < -0.39 is 0 Å². The van der Waals surface area contributed by atoms with Crippen LogP contribution in [0.3, 0.4) is 0 Å². The van der Waals surface area contributed by atoms with Crippen LogP contribution in [-0.4, -0.2) is 11.6 Å². The number of nitrogens with zero attached hydrogens (tertiary/aromatic N) is 2. The van der Waals surface area contributed by atoms with Crippen molar-refractivity contribution in [2.75, 3.05) is 6.61 Å². The molecule has 0 aliphatic rings. The number of fused-ring (bicyclic) bond motifs is 1. The van der Waals surface area contributed by atoms with Gasteiger partial charge < -0.3 is 4.74 Å². The highest BCUT2D eigenvalue weighted by Crippen LogP contribution is 2.19. The Labute approximate surface area is 87.9 Å². The normalized spacial score (nSPS) is 9.87. The van der Waals surface area contributed by atoms with E-state index in [1.54, 1.807) is 6.07 Å². The van der Waals surface area contributed by atoms with Crippen LogP contribution < -0.4 is 4.74 Å². The van der Waals surface area contributed by atoms with E-state index in [0.717, 1.165) is 5.39 Å². The van der Waals surface area contributed by atoms with Crippen molar-refractivity contribution in [1.29, 1.82) is 5.26 Å². The standard InChI is InChI=1S/C12H10N2O/c1-2-15-11-7-6-9-4-3-5-10(8-13)12(9)14-11/h3-7H,2H2,1H3. The summed E-state index contributed by atoms with van der Waals surface area (Å²) in [6, 6.07) is 11.4. The molecule has 74 valence electrons. The van der Waals surface area contributed by atoms with Crippen LogP contribution in [0.1, 0.15) is 12.5 Å². The van der Waals surface area contributed by atoms with Crippen LogP contribution in [0.2, 0.25) is 0 Å². The molecule has 0 unspecified atom stereocenters. The zero-order valence-corrected chi connectivity index (χ0v) is 8.40. The molecule has 0 spiro atoms. The topological polar surface area (TPSA) is 45.9 Å². The summed E-state index contributed by atoms with van der Waals surface area (Å²) in [6.07, 6.45) is 0. The minimum absolute atomic E-state index is 0.563. The van der Waals surface area contributed by atoms with Gasteiger partial charge in [-0.25, -0.2) is 4.98 Å². The van der Waals surface area contributed by atoms with Gasteiger partial charge in [-0.3, -0.25) is 0 Å². The second-order valence-corrected chi connectivity index (χ2v) is 3.07. The van der Waals surface area contributed by atoms with Gasteiger partial charge in [-0.15, -0.1) is 0 Å². The molecule has 0 saturated carbocycles. The fourth-order valence-corrected chi connectivity index (χ4v) is 1.45. The lowest BCUT2D eigenvalue weighted by molar-refractivity contribution is 0.328. The molecule has 0 atom stereocenters. The molecule has 0 saturated heterocycles. The third-order valence-electron chi connectivity index (χ3n) is 2.11. The molecular formula is C12H10N2O. The lowest BCUT2D eigenvalue weighted by Crippen LogP contribution is -1.95. The van der Waals surface area contributed by atoms with Gasteiger partial charge in [0.2, 0.25) is 5.88 Å².